The van der Waals surface area contributed by atoms with Crippen LogP contribution in [0, 0.1) is 6.92 Å². The van der Waals surface area contributed by atoms with E-state index in [0.29, 0.717) is 25.8 Å². The zero-order chi connectivity index (χ0) is 23.6. The second kappa shape index (κ2) is 12.0. The van der Waals surface area contributed by atoms with Gasteiger partial charge in [-0.2, -0.15) is 0 Å². The SMILES string of the molecule is CCc1ccc(CCC(=O)N(Cc2ccccc2C)[C@@H](Cc2ccccc2)C(=O)NC)cc1. The van der Waals surface area contributed by atoms with Crippen molar-refractivity contribution in [2.24, 2.45) is 0 Å². The van der Waals surface area contributed by atoms with Gasteiger partial charge in [0.1, 0.15) is 6.04 Å². The van der Waals surface area contributed by atoms with E-state index in [1.165, 1.54) is 5.56 Å². The second-order valence-corrected chi connectivity index (χ2v) is 8.44. The zero-order valence-electron chi connectivity index (χ0n) is 19.9. The van der Waals surface area contributed by atoms with Gasteiger partial charge >= 0.3 is 0 Å². The van der Waals surface area contributed by atoms with E-state index in [-0.39, 0.29) is 11.8 Å². The molecule has 4 heteroatoms. The van der Waals surface area contributed by atoms with Gasteiger partial charge in [0, 0.05) is 26.4 Å². The molecule has 0 aliphatic rings. The third-order valence-electron chi connectivity index (χ3n) is 6.18. The summed E-state index contributed by atoms with van der Waals surface area (Å²) >= 11 is 0. The van der Waals surface area contributed by atoms with Crippen LogP contribution < -0.4 is 5.32 Å². The van der Waals surface area contributed by atoms with Gasteiger partial charge < -0.3 is 10.2 Å². The normalized spacial score (nSPS) is 11.6. The summed E-state index contributed by atoms with van der Waals surface area (Å²) in [6, 6.07) is 25.8. The molecule has 1 N–H and O–H groups in total. The van der Waals surface area contributed by atoms with Crippen molar-refractivity contribution in [1.29, 1.82) is 0 Å². The minimum atomic E-state index is -0.577. The number of rotatable bonds is 10. The van der Waals surface area contributed by atoms with Crippen LogP contribution in [-0.2, 0) is 35.4 Å². The summed E-state index contributed by atoms with van der Waals surface area (Å²) < 4.78 is 0. The van der Waals surface area contributed by atoms with E-state index in [4.69, 9.17) is 0 Å². The van der Waals surface area contributed by atoms with Crippen molar-refractivity contribution in [2.45, 2.75) is 52.1 Å². The molecular weight excluding hydrogens is 408 g/mol. The summed E-state index contributed by atoms with van der Waals surface area (Å²) in [5.74, 6) is -0.157. The molecule has 0 heterocycles. The highest BCUT2D eigenvalue weighted by Crippen LogP contribution is 2.19. The lowest BCUT2D eigenvalue weighted by atomic mass is 10.00. The summed E-state index contributed by atoms with van der Waals surface area (Å²) in [5.41, 5.74) is 5.62. The Hall–Kier alpha value is -3.40. The zero-order valence-corrected chi connectivity index (χ0v) is 19.9. The number of carbonyl (C=O) groups is 2. The maximum atomic E-state index is 13.6. The predicted octanol–water partition coefficient (Wildman–Crippen LogP) is 4.88. The second-order valence-electron chi connectivity index (χ2n) is 8.44. The van der Waals surface area contributed by atoms with Crippen molar-refractivity contribution < 1.29 is 9.59 Å². The minimum absolute atomic E-state index is 0.0117. The summed E-state index contributed by atoms with van der Waals surface area (Å²) in [7, 11) is 1.63. The van der Waals surface area contributed by atoms with Crippen LogP contribution in [0.3, 0.4) is 0 Å². The van der Waals surface area contributed by atoms with Gasteiger partial charge in [0.15, 0.2) is 0 Å². The summed E-state index contributed by atoms with van der Waals surface area (Å²) in [5, 5.41) is 2.77. The molecule has 3 aromatic carbocycles. The van der Waals surface area contributed by atoms with Gasteiger partial charge in [0.2, 0.25) is 11.8 Å². The van der Waals surface area contributed by atoms with Gasteiger partial charge in [-0.1, -0.05) is 85.8 Å². The smallest absolute Gasteiger partial charge is 0.242 e. The van der Waals surface area contributed by atoms with E-state index in [9.17, 15) is 9.59 Å². The molecule has 0 aliphatic heterocycles. The van der Waals surface area contributed by atoms with Crippen LogP contribution in [-0.4, -0.2) is 29.8 Å². The van der Waals surface area contributed by atoms with E-state index in [0.717, 1.165) is 28.7 Å². The molecule has 0 unspecified atom stereocenters. The lowest BCUT2D eigenvalue weighted by Crippen LogP contribution is -2.49. The molecule has 0 aromatic heterocycles. The van der Waals surface area contributed by atoms with Gasteiger partial charge in [-0.05, 0) is 47.6 Å². The molecule has 4 nitrogen and oxygen atoms in total. The largest absolute Gasteiger partial charge is 0.357 e. The van der Waals surface area contributed by atoms with Crippen molar-refractivity contribution >= 4 is 11.8 Å². The first-order valence-electron chi connectivity index (χ1n) is 11.7. The highest BCUT2D eigenvalue weighted by atomic mass is 16.2. The molecule has 0 aliphatic carbocycles. The minimum Gasteiger partial charge on any atom is -0.357 e. The summed E-state index contributed by atoms with van der Waals surface area (Å²) in [4.78, 5) is 28.3. The molecule has 0 spiro atoms. The average Bonchev–Trinajstić information content (AvgIpc) is 2.86. The van der Waals surface area contributed by atoms with Gasteiger partial charge in [-0.3, -0.25) is 9.59 Å². The quantitative estimate of drug-likeness (QED) is 0.487. The Labute approximate surface area is 197 Å². The molecule has 1 atom stereocenters. The Balaban J connectivity index is 1.86. The molecule has 0 saturated carbocycles. The number of likely N-dealkylation sites (N-methyl/N-ethyl adjacent to an activating group) is 1. The fourth-order valence-corrected chi connectivity index (χ4v) is 4.03. The van der Waals surface area contributed by atoms with E-state index < -0.39 is 6.04 Å². The lowest BCUT2D eigenvalue weighted by Gasteiger charge is -2.31. The predicted molar refractivity (Wildman–Crippen MR) is 134 cm³/mol. The van der Waals surface area contributed by atoms with Crippen molar-refractivity contribution in [3.63, 3.8) is 0 Å². The topological polar surface area (TPSA) is 49.4 Å². The van der Waals surface area contributed by atoms with Crippen molar-refractivity contribution in [3.8, 4) is 0 Å². The Morgan fingerprint density at radius 1 is 0.848 bits per heavy atom. The van der Waals surface area contributed by atoms with Crippen molar-refractivity contribution in [3.05, 3.63) is 107 Å². The Morgan fingerprint density at radius 2 is 1.48 bits per heavy atom. The molecule has 0 saturated heterocycles. The standard InChI is InChI=1S/C29H34N2O2/c1-4-23-14-16-24(17-15-23)18-19-28(32)31(21-26-13-9-8-10-22(26)2)27(29(33)30-3)20-25-11-6-5-7-12-25/h5-17,27H,4,18-21H2,1-3H3,(H,30,33)/t27-/m0/s1. The monoisotopic (exact) mass is 442 g/mol. The van der Waals surface area contributed by atoms with Crippen LogP contribution in [0.25, 0.3) is 0 Å². The maximum absolute atomic E-state index is 13.6. The molecule has 33 heavy (non-hydrogen) atoms. The Bertz CT molecular complexity index is 1040. The average molecular weight is 443 g/mol. The van der Waals surface area contributed by atoms with E-state index in [1.807, 2.05) is 61.5 Å². The number of nitrogens with one attached hydrogen (secondary N) is 1. The van der Waals surface area contributed by atoms with Gasteiger partial charge in [0.25, 0.3) is 0 Å². The molecular formula is C29H34N2O2. The summed E-state index contributed by atoms with van der Waals surface area (Å²) in [6.45, 7) is 4.58. The Morgan fingerprint density at radius 3 is 2.12 bits per heavy atom. The van der Waals surface area contributed by atoms with Gasteiger partial charge in [-0.15, -0.1) is 0 Å². The third-order valence-corrected chi connectivity index (χ3v) is 6.18. The van der Waals surface area contributed by atoms with E-state index >= 15 is 0 Å². The first kappa shape index (κ1) is 24.2. The number of amides is 2. The van der Waals surface area contributed by atoms with Gasteiger partial charge in [0.05, 0.1) is 0 Å². The molecule has 0 radical (unpaired) electrons. The highest BCUT2D eigenvalue weighted by molar-refractivity contribution is 5.88. The Kier molecular flexibility index (Phi) is 8.82. The molecule has 2 amide bonds. The lowest BCUT2D eigenvalue weighted by molar-refractivity contribution is -0.141. The number of carbonyl (C=O) groups excluding carboxylic acids is 2. The van der Waals surface area contributed by atoms with Gasteiger partial charge in [-0.25, -0.2) is 0 Å². The van der Waals surface area contributed by atoms with Crippen LogP contribution in [0.5, 0.6) is 0 Å². The molecule has 0 fully saturated rings. The maximum Gasteiger partial charge on any atom is 0.242 e. The fraction of sp³-hybridized carbons (Fsp3) is 0.310. The first-order chi connectivity index (χ1) is 16.0. The van der Waals surface area contributed by atoms with Crippen LogP contribution in [0.15, 0.2) is 78.9 Å². The number of nitrogens with zero attached hydrogens (tertiary/aromatic N) is 1. The first-order valence-corrected chi connectivity index (χ1v) is 11.7. The number of benzene rings is 3. The van der Waals surface area contributed by atoms with Crippen molar-refractivity contribution in [1.82, 2.24) is 10.2 Å². The van der Waals surface area contributed by atoms with E-state index in [1.54, 1.807) is 11.9 Å². The van der Waals surface area contributed by atoms with Crippen LogP contribution in [0.1, 0.15) is 41.2 Å². The van der Waals surface area contributed by atoms with Crippen molar-refractivity contribution in [2.75, 3.05) is 7.05 Å². The molecule has 3 rings (SSSR count). The molecule has 172 valence electrons. The molecule has 0 bridgehead atoms. The number of aryl methyl sites for hydroxylation is 3. The fourth-order valence-electron chi connectivity index (χ4n) is 4.03. The van der Waals surface area contributed by atoms with E-state index in [2.05, 4.69) is 36.5 Å². The number of hydrogen-bond donors (Lipinski definition) is 1. The summed E-state index contributed by atoms with van der Waals surface area (Å²) in [6.07, 6.45) is 2.48. The van der Waals surface area contributed by atoms with Crippen LogP contribution >= 0.6 is 0 Å². The highest BCUT2D eigenvalue weighted by Gasteiger charge is 2.29. The number of hydrogen-bond acceptors (Lipinski definition) is 2. The third kappa shape index (κ3) is 6.79. The van der Waals surface area contributed by atoms with Crippen LogP contribution in [0.4, 0.5) is 0 Å². The van der Waals surface area contributed by atoms with Crippen LogP contribution in [0.2, 0.25) is 0 Å². The molecule has 3 aromatic rings.